The number of rotatable bonds is 6. The first kappa shape index (κ1) is 20.3. The second kappa shape index (κ2) is 8.43. The molecule has 2 heteroatoms. The van der Waals surface area contributed by atoms with E-state index in [0.717, 1.165) is 0 Å². The molecule has 0 unspecified atom stereocenters. The minimum absolute atomic E-state index is 0.210. The van der Waals surface area contributed by atoms with Gasteiger partial charge in [0.05, 0.1) is 0 Å². The maximum absolute atomic E-state index is 2.56. The standard InChI is InChI=1S/C28H29NSi/c1-28(29(2)3,24-16-8-4-9-17-24)30(25-18-10-5-11-19-25,26-20-12-6-13-21-26)27-22-14-7-15-23-27/h4-23H,1-3H3/t28-/m0/s1. The van der Waals surface area contributed by atoms with Crippen LogP contribution in [0.5, 0.6) is 0 Å². The normalized spacial score (nSPS) is 13.7. The summed E-state index contributed by atoms with van der Waals surface area (Å²) in [4.78, 5) is 2.43. The second-order valence-electron chi connectivity index (χ2n) is 8.18. The van der Waals surface area contributed by atoms with Gasteiger partial charge in [0.25, 0.3) is 0 Å². The molecule has 0 aliphatic heterocycles. The molecule has 0 aliphatic carbocycles. The van der Waals surface area contributed by atoms with Crippen molar-refractivity contribution in [2.75, 3.05) is 14.1 Å². The van der Waals surface area contributed by atoms with Gasteiger partial charge in [-0.15, -0.1) is 0 Å². The van der Waals surface area contributed by atoms with Crippen molar-refractivity contribution in [2.24, 2.45) is 0 Å². The Bertz CT molecular complexity index is 966. The van der Waals surface area contributed by atoms with Crippen LogP contribution in [0.1, 0.15) is 12.5 Å². The van der Waals surface area contributed by atoms with Gasteiger partial charge >= 0.3 is 0 Å². The van der Waals surface area contributed by atoms with Crippen LogP contribution in [0.25, 0.3) is 0 Å². The van der Waals surface area contributed by atoms with Gasteiger partial charge in [-0.2, -0.15) is 0 Å². The van der Waals surface area contributed by atoms with E-state index in [0.29, 0.717) is 0 Å². The largest absolute Gasteiger partial charge is 0.301 e. The quantitative estimate of drug-likeness (QED) is 0.342. The highest BCUT2D eigenvalue weighted by molar-refractivity contribution is 7.13. The van der Waals surface area contributed by atoms with Gasteiger partial charge in [-0.25, -0.2) is 0 Å². The highest BCUT2D eigenvalue weighted by Gasteiger charge is 2.56. The zero-order valence-corrected chi connectivity index (χ0v) is 19.0. The highest BCUT2D eigenvalue weighted by Crippen LogP contribution is 2.36. The molecule has 0 bridgehead atoms. The Labute approximate surface area is 181 Å². The zero-order valence-electron chi connectivity index (χ0n) is 18.0. The van der Waals surface area contributed by atoms with Crippen LogP contribution in [0.4, 0.5) is 0 Å². The third-order valence-corrected chi connectivity index (χ3v) is 12.4. The van der Waals surface area contributed by atoms with Crippen molar-refractivity contribution in [3.05, 3.63) is 127 Å². The summed E-state index contributed by atoms with van der Waals surface area (Å²) in [6.07, 6.45) is 0. The van der Waals surface area contributed by atoms with Crippen LogP contribution < -0.4 is 15.6 Å². The zero-order chi connectivity index (χ0) is 21.0. The molecule has 0 amide bonds. The Balaban J connectivity index is 2.20. The van der Waals surface area contributed by atoms with Crippen LogP contribution >= 0.6 is 0 Å². The van der Waals surface area contributed by atoms with E-state index in [1.54, 1.807) is 0 Å². The monoisotopic (exact) mass is 407 g/mol. The maximum Gasteiger partial charge on any atom is 0.173 e. The van der Waals surface area contributed by atoms with E-state index in [9.17, 15) is 0 Å². The van der Waals surface area contributed by atoms with E-state index < -0.39 is 8.07 Å². The molecule has 0 saturated carbocycles. The topological polar surface area (TPSA) is 3.24 Å². The van der Waals surface area contributed by atoms with Crippen LogP contribution in [-0.2, 0) is 5.16 Å². The van der Waals surface area contributed by atoms with Crippen LogP contribution in [0.2, 0.25) is 0 Å². The van der Waals surface area contributed by atoms with E-state index >= 15 is 0 Å². The lowest BCUT2D eigenvalue weighted by molar-refractivity contribution is 0.262. The fraction of sp³-hybridized carbons (Fsp3) is 0.143. The predicted molar refractivity (Wildman–Crippen MR) is 131 cm³/mol. The van der Waals surface area contributed by atoms with Gasteiger partial charge in [-0.3, -0.25) is 0 Å². The first-order valence-electron chi connectivity index (χ1n) is 10.5. The molecule has 150 valence electrons. The third kappa shape index (κ3) is 3.13. The van der Waals surface area contributed by atoms with Crippen molar-refractivity contribution in [2.45, 2.75) is 12.1 Å². The molecule has 0 saturated heterocycles. The molecule has 1 atom stereocenters. The Morgan fingerprint density at radius 2 is 0.800 bits per heavy atom. The molecular formula is C28H29NSi. The molecule has 4 aromatic rings. The van der Waals surface area contributed by atoms with Crippen LogP contribution in [0.3, 0.4) is 0 Å². The summed E-state index contributed by atoms with van der Waals surface area (Å²) in [7, 11) is 1.90. The molecule has 0 aliphatic rings. The van der Waals surface area contributed by atoms with E-state index in [-0.39, 0.29) is 5.16 Å². The predicted octanol–water partition coefficient (Wildman–Crippen LogP) is 4.17. The molecule has 0 N–H and O–H groups in total. The maximum atomic E-state index is 2.43. The van der Waals surface area contributed by atoms with Crippen LogP contribution in [0, 0.1) is 0 Å². The number of hydrogen-bond acceptors (Lipinski definition) is 1. The summed E-state index contributed by atoms with van der Waals surface area (Å²) in [5.41, 5.74) is 1.35. The summed E-state index contributed by atoms with van der Waals surface area (Å²) >= 11 is 0. The van der Waals surface area contributed by atoms with Gasteiger partial charge in [0.15, 0.2) is 8.07 Å². The summed E-state index contributed by atoms with van der Waals surface area (Å²) in [5.74, 6) is 0. The SMILES string of the molecule is CN(C)[C@](C)(c1ccccc1)[Si](c1ccccc1)(c1ccccc1)c1ccccc1. The van der Waals surface area contributed by atoms with Crippen LogP contribution in [0.15, 0.2) is 121 Å². The summed E-state index contributed by atoms with van der Waals surface area (Å²) in [6.45, 7) is 2.43. The first-order chi connectivity index (χ1) is 14.6. The van der Waals surface area contributed by atoms with E-state index in [4.69, 9.17) is 0 Å². The lowest BCUT2D eigenvalue weighted by atomic mass is 10.1. The molecule has 0 spiro atoms. The molecule has 0 heterocycles. The van der Waals surface area contributed by atoms with Crippen LogP contribution in [-0.4, -0.2) is 27.1 Å². The van der Waals surface area contributed by atoms with Crippen molar-refractivity contribution < 1.29 is 0 Å². The van der Waals surface area contributed by atoms with Gasteiger partial charge in [0.2, 0.25) is 0 Å². The number of benzene rings is 4. The molecule has 0 aromatic heterocycles. The van der Waals surface area contributed by atoms with Gasteiger partial charge in [0.1, 0.15) is 0 Å². The Morgan fingerprint density at radius 3 is 1.10 bits per heavy atom. The smallest absolute Gasteiger partial charge is 0.173 e. The van der Waals surface area contributed by atoms with Crippen molar-refractivity contribution >= 4 is 23.6 Å². The van der Waals surface area contributed by atoms with Gasteiger partial charge in [-0.1, -0.05) is 121 Å². The Hall–Kier alpha value is -2.94. The average molecular weight is 408 g/mol. The van der Waals surface area contributed by atoms with Crippen molar-refractivity contribution in [3.63, 3.8) is 0 Å². The Kier molecular flexibility index (Phi) is 5.71. The molecule has 1 nitrogen and oxygen atoms in total. The number of nitrogens with zero attached hydrogens (tertiary/aromatic N) is 1. The van der Waals surface area contributed by atoms with E-state index in [1.165, 1.54) is 21.1 Å². The second-order valence-corrected chi connectivity index (χ2v) is 12.4. The van der Waals surface area contributed by atoms with Crippen molar-refractivity contribution in [1.82, 2.24) is 4.90 Å². The fourth-order valence-electron chi connectivity index (χ4n) is 4.98. The highest BCUT2D eigenvalue weighted by atomic mass is 28.3. The lowest BCUT2D eigenvalue weighted by Gasteiger charge is -2.52. The van der Waals surface area contributed by atoms with E-state index in [2.05, 4.69) is 147 Å². The van der Waals surface area contributed by atoms with Crippen molar-refractivity contribution in [3.8, 4) is 0 Å². The first-order valence-corrected chi connectivity index (χ1v) is 12.5. The number of hydrogen-bond donors (Lipinski definition) is 0. The fourth-order valence-corrected chi connectivity index (χ4v) is 11.0. The molecule has 0 radical (unpaired) electrons. The third-order valence-electron chi connectivity index (χ3n) is 6.58. The Morgan fingerprint density at radius 1 is 0.500 bits per heavy atom. The minimum atomic E-state index is -2.56. The average Bonchev–Trinajstić information content (AvgIpc) is 2.82. The van der Waals surface area contributed by atoms with Crippen molar-refractivity contribution in [1.29, 1.82) is 0 Å². The molecule has 30 heavy (non-hydrogen) atoms. The van der Waals surface area contributed by atoms with Gasteiger partial charge in [-0.05, 0) is 42.1 Å². The lowest BCUT2D eigenvalue weighted by Crippen LogP contribution is -2.80. The summed E-state index contributed by atoms with van der Waals surface area (Å²) in [5, 5.41) is 4.05. The summed E-state index contributed by atoms with van der Waals surface area (Å²) in [6, 6.07) is 44.5. The molecule has 4 aromatic carbocycles. The molecular weight excluding hydrogens is 378 g/mol. The van der Waals surface area contributed by atoms with Gasteiger partial charge < -0.3 is 4.90 Å². The van der Waals surface area contributed by atoms with E-state index in [1.807, 2.05) is 0 Å². The molecule has 0 fully saturated rings. The molecule has 4 rings (SSSR count). The summed E-state index contributed by atoms with van der Waals surface area (Å²) < 4.78 is 0. The van der Waals surface area contributed by atoms with Gasteiger partial charge in [0, 0.05) is 5.16 Å². The minimum Gasteiger partial charge on any atom is -0.301 e.